The first-order valence-electron chi connectivity index (χ1n) is 8.52. The lowest BCUT2D eigenvalue weighted by atomic mass is 10.1. The van der Waals surface area contributed by atoms with E-state index in [1.54, 1.807) is 4.90 Å². The predicted molar refractivity (Wildman–Crippen MR) is 96.7 cm³/mol. The number of carbonyl (C=O) groups excluding carboxylic acids is 2. The summed E-state index contributed by atoms with van der Waals surface area (Å²) >= 11 is 0. The van der Waals surface area contributed by atoms with Crippen molar-refractivity contribution in [1.29, 1.82) is 0 Å². The lowest BCUT2D eigenvalue weighted by molar-refractivity contribution is -0.126. The Morgan fingerprint density at radius 3 is 2.77 bits per heavy atom. The van der Waals surface area contributed by atoms with Crippen molar-refractivity contribution in [2.24, 2.45) is 0 Å². The van der Waals surface area contributed by atoms with Crippen LogP contribution in [0.3, 0.4) is 0 Å². The summed E-state index contributed by atoms with van der Waals surface area (Å²) in [5.74, 6) is -0.150. The molecule has 140 valence electrons. The third-order valence-corrected chi connectivity index (χ3v) is 4.18. The normalized spacial score (nSPS) is 17.5. The van der Waals surface area contributed by atoms with Crippen LogP contribution in [0.4, 0.5) is 4.79 Å². The van der Waals surface area contributed by atoms with Crippen LogP contribution in [0.2, 0.25) is 0 Å². The van der Waals surface area contributed by atoms with Gasteiger partial charge in [-0.25, -0.2) is 4.79 Å². The van der Waals surface area contributed by atoms with Crippen LogP contribution in [0.1, 0.15) is 18.4 Å². The number of urea groups is 1. The van der Waals surface area contributed by atoms with E-state index in [1.807, 2.05) is 30.3 Å². The molecule has 0 aliphatic carbocycles. The number of hydrogen-bond acceptors (Lipinski definition) is 5. The number of hydrogen-bond donors (Lipinski definition) is 4. The fraction of sp³-hybridized carbons (Fsp3) is 0.412. The summed E-state index contributed by atoms with van der Waals surface area (Å²) in [6.07, 6.45) is 2.32. The van der Waals surface area contributed by atoms with E-state index in [2.05, 4.69) is 17.2 Å². The first-order chi connectivity index (χ1) is 12.5. The fourth-order valence-electron chi connectivity index (χ4n) is 2.97. The second-order valence-corrected chi connectivity index (χ2v) is 6.03. The Labute approximate surface area is 153 Å². The molecular formula is C17H24BN3O5. The van der Waals surface area contributed by atoms with Gasteiger partial charge in [0.25, 0.3) is 0 Å². The average Bonchev–Trinajstić information content (AvgIpc) is 3.08. The van der Waals surface area contributed by atoms with Crippen molar-refractivity contribution in [3.8, 4) is 0 Å². The van der Waals surface area contributed by atoms with Gasteiger partial charge in [0.15, 0.2) is 0 Å². The molecule has 0 radical (unpaired) electrons. The van der Waals surface area contributed by atoms with E-state index in [0.29, 0.717) is 13.1 Å². The summed E-state index contributed by atoms with van der Waals surface area (Å²) in [6.45, 7) is 4.43. The third kappa shape index (κ3) is 6.18. The van der Waals surface area contributed by atoms with E-state index in [4.69, 9.17) is 14.7 Å². The van der Waals surface area contributed by atoms with Crippen molar-refractivity contribution < 1.29 is 24.3 Å². The minimum Gasteiger partial charge on any atom is -0.402 e. The molecule has 2 atom stereocenters. The van der Waals surface area contributed by atoms with Crippen LogP contribution >= 0.6 is 0 Å². The van der Waals surface area contributed by atoms with Crippen molar-refractivity contribution in [1.82, 2.24) is 15.5 Å². The van der Waals surface area contributed by atoms with Gasteiger partial charge >= 0.3 is 13.4 Å². The molecule has 0 bridgehead atoms. The van der Waals surface area contributed by atoms with Gasteiger partial charge in [-0.05, 0) is 24.5 Å². The van der Waals surface area contributed by atoms with Crippen LogP contribution in [-0.2, 0) is 15.9 Å². The second-order valence-electron chi connectivity index (χ2n) is 6.03. The fourth-order valence-corrected chi connectivity index (χ4v) is 2.97. The van der Waals surface area contributed by atoms with E-state index in [1.165, 1.54) is 6.08 Å². The van der Waals surface area contributed by atoms with Gasteiger partial charge in [0.2, 0.25) is 5.91 Å². The molecule has 1 aromatic rings. The molecule has 1 aromatic carbocycles. The summed E-state index contributed by atoms with van der Waals surface area (Å²) < 4.78 is 4.93. The van der Waals surface area contributed by atoms with Gasteiger partial charge in [-0.15, -0.1) is 0 Å². The number of likely N-dealkylation sites (tertiary alicyclic amines) is 1. The number of rotatable bonds is 8. The molecule has 0 aromatic heterocycles. The summed E-state index contributed by atoms with van der Waals surface area (Å²) in [5, 5.41) is 23.4. The van der Waals surface area contributed by atoms with Crippen molar-refractivity contribution in [2.45, 2.75) is 31.5 Å². The summed E-state index contributed by atoms with van der Waals surface area (Å²) in [7, 11) is -2.00. The molecule has 0 saturated carbocycles. The lowest BCUT2D eigenvalue weighted by Gasteiger charge is -2.25. The van der Waals surface area contributed by atoms with Gasteiger partial charge in [0.05, 0.1) is 0 Å². The smallest absolute Gasteiger partial charge is 0.402 e. The quantitative estimate of drug-likeness (QED) is 0.296. The molecule has 1 heterocycles. The Kier molecular flexibility index (Phi) is 7.64. The molecule has 26 heavy (non-hydrogen) atoms. The van der Waals surface area contributed by atoms with Crippen LogP contribution in [0.5, 0.6) is 0 Å². The highest BCUT2D eigenvalue weighted by atomic mass is 16.6. The monoisotopic (exact) mass is 361 g/mol. The molecule has 0 unspecified atom stereocenters. The molecule has 8 nitrogen and oxygen atoms in total. The first-order valence-corrected chi connectivity index (χ1v) is 8.52. The Morgan fingerprint density at radius 2 is 2.12 bits per heavy atom. The van der Waals surface area contributed by atoms with Gasteiger partial charge in [-0.2, -0.15) is 0 Å². The number of nitrogens with one attached hydrogen (secondary N) is 2. The average molecular weight is 361 g/mol. The van der Waals surface area contributed by atoms with Crippen molar-refractivity contribution in [3.63, 3.8) is 0 Å². The van der Waals surface area contributed by atoms with E-state index in [0.717, 1.165) is 18.4 Å². The molecule has 1 fully saturated rings. The molecule has 3 amide bonds. The Morgan fingerprint density at radius 1 is 1.38 bits per heavy atom. The van der Waals surface area contributed by atoms with Crippen LogP contribution < -0.4 is 10.6 Å². The molecule has 9 heteroatoms. The molecule has 0 spiro atoms. The Bertz CT molecular complexity index is 614. The zero-order valence-corrected chi connectivity index (χ0v) is 14.5. The summed E-state index contributed by atoms with van der Waals surface area (Å²) in [6, 6.07) is 8.64. The van der Waals surface area contributed by atoms with Crippen LogP contribution in [-0.4, -0.2) is 59.6 Å². The predicted octanol–water partition coefficient (Wildman–Crippen LogP) is 0.0175. The molecule has 2 rings (SSSR count). The summed E-state index contributed by atoms with van der Waals surface area (Å²) in [5.41, 5.74) is 0.872. The third-order valence-electron chi connectivity index (χ3n) is 4.18. The SMILES string of the molecule is C=CC(=O)N1CCC[C@H]1CNC(=O)N[C@@H](Cc1ccccc1)OB(O)O. The molecular weight excluding hydrogens is 337 g/mol. The van der Waals surface area contributed by atoms with Gasteiger partial charge in [0.1, 0.15) is 6.23 Å². The van der Waals surface area contributed by atoms with Gasteiger partial charge in [0, 0.05) is 25.6 Å². The number of amides is 3. The number of nitrogens with zero attached hydrogens (tertiary/aromatic N) is 1. The van der Waals surface area contributed by atoms with Gasteiger partial charge < -0.3 is 30.2 Å². The van der Waals surface area contributed by atoms with Crippen LogP contribution in [0, 0.1) is 0 Å². The largest absolute Gasteiger partial charge is 0.635 e. The minimum absolute atomic E-state index is 0.0804. The molecule has 1 saturated heterocycles. The summed E-state index contributed by atoms with van der Waals surface area (Å²) in [4.78, 5) is 25.6. The van der Waals surface area contributed by atoms with Crippen LogP contribution in [0.25, 0.3) is 0 Å². The van der Waals surface area contributed by atoms with E-state index < -0.39 is 19.6 Å². The van der Waals surface area contributed by atoms with E-state index in [9.17, 15) is 9.59 Å². The van der Waals surface area contributed by atoms with Crippen molar-refractivity contribution in [3.05, 3.63) is 48.6 Å². The van der Waals surface area contributed by atoms with E-state index in [-0.39, 0.29) is 18.4 Å². The topological polar surface area (TPSA) is 111 Å². The zero-order valence-electron chi connectivity index (χ0n) is 14.5. The lowest BCUT2D eigenvalue weighted by Crippen LogP contribution is -2.50. The van der Waals surface area contributed by atoms with Gasteiger partial charge in [-0.3, -0.25) is 4.79 Å². The molecule has 1 aliphatic heterocycles. The number of benzene rings is 1. The highest BCUT2D eigenvalue weighted by Crippen LogP contribution is 2.16. The second kappa shape index (κ2) is 9.96. The highest BCUT2D eigenvalue weighted by Gasteiger charge is 2.28. The van der Waals surface area contributed by atoms with Crippen LogP contribution in [0.15, 0.2) is 43.0 Å². The maximum Gasteiger partial charge on any atom is 0.635 e. The van der Waals surface area contributed by atoms with Crippen molar-refractivity contribution in [2.75, 3.05) is 13.1 Å². The maximum atomic E-state index is 12.1. The van der Waals surface area contributed by atoms with Gasteiger partial charge in [-0.1, -0.05) is 36.9 Å². The maximum absolute atomic E-state index is 12.1. The Balaban J connectivity index is 1.86. The molecule has 4 N–H and O–H groups in total. The Hall–Kier alpha value is -2.36. The minimum atomic E-state index is -2.00. The highest BCUT2D eigenvalue weighted by molar-refractivity contribution is 6.32. The van der Waals surface area contributed by atoms with Crippen molar-refractivity contribution >= 4 is 19.3 Å². The zero-order chi connectivity index (χ0) is 18.9. The molecule has 1 aliphatic rings. The van der Waals surface area contributed by atoms with E-state index >= 15 is 0 Å². The number of carbonyl (C=O) groups is 2. The standard InChI is InChI=1S/C17H24BN3O5/c1-2-16(22)21-10-6-9-14(21)12-19-17(23)20-15(26-18(24)25)11-13-7-4-3-5-8-13/h2-5,7-8,14-15,24-25H,1,6,9-12H2,(H2,19,20,23)/t14-,15+/m0/s1. The first kappa shape index (κ1) is 20.0.